The molecule has 86 valence electrons. The van der Waals surface area contributed by atoms with Gasteiger partial charge in [0.25, 0.3) is 0 Å². The van der Waals surface area contributed by atoms with Crippen molar-refractivity contribution in [2.75, 3.05) is 18.6 Å². The lowest BCUT2D eigenvalue weighted by Gasteiger charge is -2.25. The van der Waals surface area contributed by atoms with E-state index in [1.54, 1.807) is 11.9 Å². The SMILES string of the molecule is CN1C(=O)Cc2c1cccc2C(C)(C)CO. The maximum atomic E-state index is 11.7. The zero-order valence-electron chi connectivity index (χ0n) is 9.95. The Labute approximate surface area is 95.7 Å². The fraction of sp³-hybridized carbons (Fsp3) is 0.462. The summed E-state index contributed by atoms with van der Waals surface area (Å²) in [5.41, 5.74) is 2.82. The van der Waals surface area contributed by atoms with E-state index in [2.05, 4.69) is 0 Å². The van der Waals surface area contributed by atoms with Crippen LogP contribution in [0.5, 0.6) is 0 Å². The Bertz CT molecular complexity index is 438. The van der Waals surface area contributed by atoms with Crippen molar-refractivity contribution in [2.45, 2.75) is 25.7 Å². The van der Waals surface area contributed by atoms with E-state index in [0.29, 0.717) is 6.42 Å². The van der Waals surface area contributed by atoms with Gasteiger partial charge in [-0.05, 0) is 17.2 Å². The number of hydrogen-bond acceptors (Lipinski definition) is 2. The molecule has 1 aromatic rings. The van der Waals surface area contributed by atoms with Crippen LogP contribution in [0.3, 0.4) is 0 Å². The third-order valence-electron chi connectivity index (χ3n) is 3.34. The molecular weight excluding hydrogens is 202 g/mol. The molecule has 1 aliphatic rings. The van der Waals surface area contributed by atoms with Gasteiger partial charge in [0, 0.05) is 18.2 Å². The van der Waals surface area contributed by atoms with E-state index in [4.69, 9.17) is 0 Å². The lowest BCUT2D eigenvalue weighted by atomic mass is 9.82. The second kappa shape index (κ2) is 3.59. The van der Waals surface area contributed by atoms with Gasteiger partial charge in [-0.15, -0.1) is 0 Å². The van der Waals surface area contributed by atoms with Crippen molar-refractivity contribution >= 4 is 11.6 Å². The number of nitrogens with zero attached hydrogens (tertiary/aromatic N) is 1. The number of benzene rings is 1. The minimum atomic E-state index is -0.295. The van der Waals surface area contributed by atoms with Crippen molar-refractivity contribution < 1.29 is 9.90 Å². The molecule has 1 N–H and O–H groups in total. The number of rotatable bonds is 2. The van der Waals surface area contributed by atoms with Crippen LogP contribution in [0.15, 0.2) is 18.2 Å². The average Bonchev–Trinajstić information content (AvgIpc) is 2.55. The van der Waals surface area contributed by atoms with Crippen LogP contribution in [-0.4, -0.2) is 24.7 Å². The summed E-state index contributed by atoms with van der Waals surface area (Å²) >= 11 is 0. The summed E-state index contributed by atoms with van der Waals surface area (Å²) in [6, 6.07) is 5.90. The number of carbonyl (C=O) groups excluding carboxylic acids is 1. The number of amides is 1. The molecule has 0 radical (unpaired) electrons. The van der Waals surface area contributed by atoms with Crippen molar-refractivity contribution in [1.29, 1.82) is 0 Å². The Morgan fingerprint density at radius 1 is 1.44 bits per heavy atom. The first-order valence-electron chi connectivity index (χ1n) is 5.47. The fourth-order valence-electron chi connectivity index (χ4n) is 2.20. The minimum Gasteiger partial charge on any atom is -0.395 e. The quantitative estimate of drug-likeness (QED) is 0.818. The van der Waals surface area contributed by atoms with Crippen LogP contribution in [0.2, 0.25) is 0 Å². The fourth-order valence-corrected chi connectivity index (χ4v) is 2.20. The number of anilines is 1. The molecule has 0 spiro atoms. The lowest BCUT2D eigenvalue weighted by molar-refractivity contribution is -0.117. The Balaban J connectivity index is 2.56. The minimum absolute atomic E-state index is 0.0847. The molecular formula is C13H17NO2. The summed E-state index contributed by atoms with van der Waals surface area (Å²) in [6.07, 6.45) is 0.450. The summed E-state index contributed by atoms with van der Waals surface area (Å²) < 4.78 is 0. The number of fused-ring (bicyclic) bond motifs is 1. The van der Waals surface area contributed by atoms with E-state index < -0.39 is 0 Å². The number of aliphatic hydroxyl groups excluding tert-OH is 1. The number of aliphatic hydroxyl groups is 1. The van der Waals surface area contributed by atoms with Gasteiger partial charge in [-0.25, -0.2) is 0 Å². The van der Waals surface area contributed by atoms with Gasteiger partial charge in [0.2, 0.25) is 5.91 Å². The summed E-state index contributed by atoms with van der Waals surface area (Å²) in [6.45, 7) is 4.07. The molecule has 0 saturated heterocycles. The molecule has 16 heavy (non-hydrogen) atoms. The number of likely N-dealkylation sites (N-methyl/N-ethyl adjacent to an activating group) is 1. The summed E-state index contributed by atoms with van der Waals surface area (Å²) in [5.74, 6) is 0.121. The van der Waals surface area contributed by atoms with Gasteiger partial charge < -0.3 is 10.0 Å². The maximum Gasteiger partial charge on any atom is 0.231 e. The first-order valence-corrected chi connectivity index (χ1v) is 5.47. The highest BCUT2D eigenvalue weighted by molar-refractivity contribution is 6.01. The summed E-state index contributed by atoms with van der Waals surface area (Å²) in [7, 11) is 1.80. The highest BCUT2D eigenvalue weighted by atomic mass is 16.3. The Hall–Kier alpha value is -1.35. The predicted molar refractivity (Wildman–Crippen MR) is 63.7 cm³/mol. The third kappa shape index (κ3) is 1.52. The second-order valence-corrected chi connectivity index (χ2v) is 4.97. The molecule has 1 aliphatic heterocycles. The highest BCUT2D eigenvalue weighted by Gasteiger charge is 2.31. The van der Waals surface area contributed by atoms with E-state index in [0.717, 1.165) is 16.8 Å². The largest absolute Gasteiger partial charge is 0.395 e. The molecule has 0 saturated carbocycles. The Morgan fingerprint density at radius 2 is 2.12 bits per heavy atom. The highest BCUT2D eigenvalue weighted by Crippen LogP contribution is 2.36. The van der Waals surface area contributed by atoms with Gasteiger partial charge in [0.1, 0.15) is 0 Å². The van der Waals surface area contributed by atoms with Gasteiger partial charge in [-0.2, -0.15) is 0 Å². The molecule has 3 nitrogen and oxygen atoms in total. The van der Waals surface area contributed by atoms with Gasteiger partial charge in [0.05, 0.1) is 13.0 Å². The van der Waals surface area contributed by atoms with Crippen LogP contribution < -0.4 is 4.90 Å². The van der Waals surface area contributed by atoms with Gasteiger partial charge in [-0.3, -0.25) is 4.79 Å². The maximum absolute atomic E-state index is 11.7. The molecule has 0 aliphatic carbocycles. The van der Waals surface area contributed by atoms with E-state index in [1.807, 2.05) is 32.0 Å². The van der Waals surface area contributed by atoms with Crippen LogP contribution in [-0.2, 0) is 16.6 Å². The third-order valence-corrected chi connectivity index (χ3v) is 3.34. The molecule has 0 unspecified atom stereocenters. The van der Waals surface area contributed by atoms with Crippen LogP contribution >= 0.6 is 0 Å². The van der Waals surface area contributed by atoms with E-state index >= 15 is 0 Å². The standard InChI is InChI=1S/C13H17NO2/c1-13(2,8-15)10-5-4-6-11-9(10)7-12(16)14(11)3/h4-6,15H,7-8H2,1-3H3. The van der Waals surface area contributed by atoms with Crippen molar-refractivity contribution in [2.24, 2.45) is 0 Å². The predicted octanol–water partition coefficient (Wildman–Crippen LogP) is 1.48. The zero-order chi connectivity index (χ0) is 11.9. The van der Waals surface area contributed by atoms with Crippen LogP contribution in [0.1, 0.15) is 25.0 Å². The molecule has 2 rings (SSSR count). The lowest BCUT2D eigenvalue weighted by Crippen LogP contribution is -2.23. The molecule has 0 bridgehead atoms. The van der Waals surface area contributed by atoms with Crippen LogP contribution in [0.25, 0.3) is 0 Å². The molecule has 3 heteroatoms. The van der Waals surface area contributed by atoms with Crippen molar-refractivity contribution in [3.8, 4) is 0 Å². The smallest absolute Gasteiger partial charge is 0.231 e. The first kappa shape index (κ1) is 11.1. The molecule has 1 aromatic carbocycles. The van der Waals surface area contributed by atoms with Crippen LogP contribution in [0.4, 0.5) is 5.69 Å². The molecule has 0 atom stereocenters. The van der Waals surface area contributed by atoms with E-state index in [9.17, 15) is 9.90 Å². The average molecular weight is 219 g/mol. The zero-order valence-corrected chi connectivity index (χ0v) is 9.95. The molecule has 0 aromatic heterocycles. The van der Waals surface area contributed by atoms with E-state index in [-0.39, 0.29) is 17.9 Å². The topological polar surface area (TPSA) is 40.5 Å². The normalized spacial score (nSPS) is 15.5. The van der Waals surface area contributed by atoms with Gasteiger partial charge >= 0.3 is 0 Å². The summed E-state index contributed by atoms with van der Waals surface area (Å²) in [5, 5.41) is 9.41. The first-order chi connectivity index (χ1) is 7.47. The molecule has 0 fully saturated rings. The van der Waals surface area contributed by atoms with Gasteiger partial charge in [0.15, 0.2) is 0 Å². The van der Waals surface area contributed by atoms with E-state index in [1.165, 1.54) is 0 Å². The van der Waals surface area contributed by atoms with Crippen LogP contribution in [0, 0.1) is 0 Å². The number of carbonyl (C=O) groups is 1. The Morgan fingerprint density at radius 3 is 2.75 bits per heavy atom. The van der Waals surface area contributed by atoms with Crippen molar-refractivity contribution in [1.82, 2.24) is 0 Å². The molecule has 1 amide bonds. The summed E-state index contributed by atoms with van der Waals surface area (Å²) in [4.78, 5) is 13.3. The van der Waals surface area contributed by atoms with Gasteiger partial charge in [-0.1, -0.05) is 26.0 Å². The second-order valence-electron chi connectivity index (χ2n) is 4.97. The molecule has 1 heterocycles. The van der Waals surface area contributed by atoms with Crippen molar-refractivity contribution in [3.05, 3.63) is 29.3 Å². The number of hydrogen-bond donors (Lipinski definition) is 1. The monoisotopic (exact) mass is 219 g/mol. The Kier molecular flexibility index (Phi) is 2.50. The van der Waals surface area contributed by atoms with Crippen molar-refractivity contribution in [3.63, 3.8) is 0 Å².